The maximum atomic E-state index is 6.11. The van der Waals surface area contributed by atoms with Crippen LogP contribution in [0.15, 0.2) is 30.3 Å². The van der Waals surface area contributed by atoms with Crippen LogP contribution >= 0.6 is 11.6 Å². The van der Waals surface area contributed by atoms with Crippen molar-refractivity contribution in [2.24, 2.45) is 5.73 Å². The SMILES string of the molecule is Cc1cc(C)c(-c2ccc(Cl)c(CN)c2)c(C)c1. The summed E-state index contributed by atoms with van der Waals surface area (Å²) in [5, 5.41) is 0.740. The highest BCUT2D eigenvalue weighted by molar-refractivity contribution is 6.31. The Labute approximate surface area is 114 Å². The molecule has 0 unspecified atom stereocenters. The Kier molecular flexibility index (Phi) is 3.74. The highest BCUT2D eigenvalue weighted by Crippen LogP contribution is 2.30. The standard InChI is InChI=1S/C16H18ClN/c1-10-6-11(2)16(12(3)7-10)13-4-5-15(17)14(8-13)9-18/h4-8H,9,18H2,1-3H3. The molecule has 0 amide bonds. The molecule has 0 saturated heterocycles. The molecule has 2 rings (SSSR count). The molecule has 2 aromatic carbocycles. The Morgan fingerprint density at radius 1 is 1.00 bits per heavy atom. The zero-order valence-electron chi connectivity index (χ0n) is 11.0. The summed E-state index contributed by atoms with van der Waals surface area (Å²) in [5.41, 5.74) is 13.1. The molecular weight excluding hydrogens is 242 g/mol. The molecule has 94 valence electrons. The molecule has 0 aliphatic carbocycles. The monoisotopic (exact) mass is 259 g/mol. The van der Waals surface area contributed by atoms with Gasteiger partial charge in [0.25, 0.3) is 0 Å². The third kappa shape index (κ3) is 2.43. The molecule has 0 bridgehead atoms. The van der Waals surface area contributed by atoms with Gasteiger partial charge in [-0.25, -0.2) is 0 Å². The van der Waals surface area contributed by atoms with E-state index in [-0.39, 0.29) is 0 Å². The maximum Gasteiger partial charge on any atom is 0.0451 e. The van der Waals surface area contributed by atoms with Crippen molar-refractivity contribution < 1.29 is 0 Å². The third-order valence-electron chi connectivity index (χ3n) is 3.23. The molecule has 0 radical (unpaired) electrons. The van der Waals surface area contributed by atoms with E-state index in [1.165, 1.54) is 27.8 Å². The average molecular weight is 260 g/mol. The van der Waals surface area contributed by atoms with E-state index >= 15 is 0 Å². The lowest BCUT2D eigenvalue weighted by molar-refractivity contribution is 1.07. The zero-order valence-corrected chi connectivity index (χ0v) is 11.8. The fourth-order valence-corrected chi connectivity index (χ4v) is 2.72. The van der Waals surface area contributed by atoms with Crippen LogP contribution in [0.3, 0.4) is 0 Å². The van der Waals surface area contributed by atoms with Gasteiger partial charge in [-0.3, -0.25) is 0 Å². The number of rotatable bonds is 2. The second-order valence-electron chi connectivity index (χ2n) is 4.78. The van der Waals surface area contributed by atoms with Crippen molar-refractivity contribution in [3.63, 3.8) is 0 Å². The second kappa shape index (κ2) is 5.13. The summed E-state index contributed by atoms with van der Waals surface area (Å²) in [5.74, 6) is 0. The molecule has 2 heteroatoms. The van der Waals surface area contributed by atoms with Gasteiger partial charge in [-0.15, -0.1) is 0 Å². The molecular formula is C16H18ClN. The number of hydrogen-bond donors (Lipinski definition) is 1. The van der Waals surface area contributed by atoms with Gasteiger partial charge < -0.3 is 5.73 Å². The van der Waals surface area contributed by atoms with Crippen molar-refractivity contribution in [2.75, 3.05) is 0 Å². The minimum atomic E-state index is 0.469. The van der Waals surface area contributed by atoms with Crippen molar-refractivity contribution in [2.45, 2.75) is 27.3 Å². The van der Waals surface area contributed by atoms with Crippen LogP contribution in [0.2, 0.25) is 5.02 Å². The van der Waals surface area contributed by atoms with Crippen LogP contribution in [0, 0.1) is 20.8 Å². The summed E-state index contributed by atoms with van der Waals surface area (Å²) in [6.07, 6.45) is 0. The van der Waals surface area contributed by atoms with Gasteiger partial charge in [0.15, 0.2) is 0 Å². The smallest absolute Gasteiger partial charge is 0.0451 e. The fraction of sp³-hybridized carbons (Fsp3) is 0.250. The number of hydrogen-bond acceptors (Lipinski definition) is 1. The van der Waals surface area contributed by atoms with E-state index in [1.54, 1.807) is 0 Å². The van der Waals surface area contributed by atoms with Crippen LogP contribution in [0.5, 0.6) is 0 Å². The number of aryl methyl sites for hydroxylation is 3. The Morgan fingerprint density at radius 3 is 2.17 bits per heavy atom. The summed E-state index contributed by atoms with van der Waals surface area (Å²) in [4.78, 5) is 0. The van der Waals surface area contributed by atoms with Crippen molar-refractivity contribution in [3.05, 3.63) is 57.6 Å². The van der Waals surface area contributed by atoms with Gasteiger partial charge in [-0.2, -0.15) is 0 Å². The molecule has 0 spiro atoms. The van der Waals surface area contributed by atoms with Crippen molar-refractivity contribution in [3.8, 4) is 11.1 Å². The number of benzene rings is 2. The summed E-state index contributed by atoms with van der Waals surface area (Å²) < 4.78 is 0. The van der Waals surface area contributed by atoms with Gasteiger partial charge in [0.05, 0.1) is 0 Å². The predicted molar refractivity (Wildman–Crippen MR) is 79.0 cm³/mol. The lowest BCUT2D eigenvalue weighted by Crippen LogP contribution is -1.98. The van der Waals surface area contributed by atoms with Crippen LogP contribution in [-0.2, 0) is 6.54 Å². The normalized spacial score (nSPS) is 10.7. The zero-order chi connectivity index (χ0) is 13.3. The molecule has 0 atom stereocenters. The fourth-order valence-electron chi connectivity index (χ4n) is 2.52. The van der Waals surface area contributed by atoms with Crippen molar-refractivity contribution in [1.82, 2.24) is 0 Å². The molecule has 1 nitrogen and oxygen atoms in total. The Bertz CT molecular complexity index is 565. The Morgan fingerprint density at radius 2 is 1.61 bits per heavy atom. The molecule has 0 aliphatic heterocycles. The van der Waals surface area contributed by atoms with E-state index < -0.39 is 0 Å². The molecule has 0 saturated carbocycles. The van der Waals surface area contributed by atoms with Gasteiger partial charge in [0, 0.05) is 11.6 Å². The average Bonchev–Trinajstić information content (AvgIpc) is 2.30. The summed E-state index contributed by atoms with van der Waals surface area (Å²) in [7, 11) is 0. The molecule has 2 aromatic rings. The van der Waals surface area contributed by atoms with Gasteiger partial charge in [-0.1, -0.05) is 35.4 Å². The first-order valence-electron chi connectivity index (χ1n) is 6.09. The van der Waals surface area contributed by atoms with E-state index in [0.717, 1.165) is 10.6 Å². The lowest BCUT2D eigenvalue weighted by atomic mass is 9.93. The summed E-state index contributed by atoms with van der Waals surface area (Å²) in [6.45, 7) is 6.88. The van der Waals surface area contributed by atoms with E-state index in [1.807, 2.05) is 6.07 Å². The second-order valence-corrected chi connectivity index (χ2v) is 5.19. The quantitative estimate of drug-likeness (QED) is 0.850. The Hall–Kier alpha value is -1.31. The van der Waals surface area contributed by atoms with Crippen LogP contribution < -0.4 is 5.73 Å². The largest absolute Gasteiger partial charge is 0.326 e. The van der Waals surface area contributed by atoms with Gasteiger partial charge in [0.1, 0.15) is 0 Å². The molecule has 0 fully saturated rings. The lowest BCUT2D eigenvalue weighted by Gasteiger charge is -2.13. The number of halogens is 1. The molecule has 18 heavy (non-hydrogen) atoms. The first-order chi connectivity index (χ1) is 8.52. The first-order valence-corrected chi connectivity index (χ1v) is 6.47. The van der Waals surface area contributed by atoms with Crippen LogP contribution in [-0.4, -0.2) is 0 Å². The minimum Gasteiger partial charge on any atom is -0.326 e. The van der Waals surface area contributed by atoms with Crippen LogP contribution in [0.1, 0.15) is 22.3 Å². The topological polar surface area (TPSA) is 26.0 Å². The van der Waals surface area contributed by atoms with Gasteiger partial charge in [0.2, 0.25) is 0 Å². The Balaban J connectivity index is 2.62. The molecule has 0 aliphatic rings. The van der Waals surface area contributed by atoms with E-state index in [0.29, 0.717) is 6.54 Å². The maximum absolute atomic E-state index is 6.11. The highest BCUT2D eigenvalue weighted by atomic mass is 35.5. The molecule has 0 heterocycles. The summed E-state index contributed by atoms with van der Waals surface area (Å²) >= 11 is 6.11. The van der Waals surface area contributed by atoms with Gasteiger partial charge >= 0.3 is 0 Å². The van der Waals surface area contributed by atoms with Crippen molar-refractivity contribution >= 4 is 11.6 Å². The van der Waals surface area contributed by atoms with E-state index in [4.69, 9.17) is 17.3 Å². The van der Waals surface area contributed by atoms with Crippen LogP contribution in [0.25, 0.3) is 11.1 Å². The first kappa shape index (κ1) is 13.1. The minimum absolute atomic E-state index is 0.469. The van der Waals surface area contributed by atoms with Crippen LogP contribution in [0.4, 0.5) is 0 Å². The van der Waals surface area contributed by atoms with E-state index in [9.17, 15) is 0 Å². The van der Waals surface area contributed by atoms with E-state index in [2.05, 4.69) is 45.0 Å². The highest BCUT2D eigenvalue weighted by Gasteiger charge is 2.08. The summed E-state index contributed by atoms with van der Waals surface area (Å²) in [6, 6.07) is 10.5. The van der Waals surface area contributed by atoms with Crippen molar-refractivity contribution in [1.29, 1.82) is 0 Å². The van der Waals surface area contributed by atoms with Gasteiger partial charge in [-0.05, 0) is 60.7 Å². The predicted octanol–water partition coefficient (Wildman–Crippen LogP) is 4.39. The molecule has 2 N–H and O–H groups in total. The third-order valence-corrected chi connectivity index (χ3v) is 3.60. The number of nitrogens with two attached hydrogens (primary N) is 1. The molecule has 0 aromatic heterocycles.